The Kier molecular flexibility index (Phi) is 10.1. The van der Waals surface area contributed by atoms with Gasteiger partial charge in [-0.3, -0.25) is 9.59 Å². The molecule has 2 fully saturated rings. The van der Waals surface area contributed by atoms with Crippen molar-refractivity contribution in [2.24, 2.45) is 11.8 Å². The molecule has 5 N–H and O–H groups in total. The molecule has 13 heteroatoms. The van der Waals surface area contributed by atoms with Gasteiger partial charge in [0.25, 0.3) is 0 Å². The second kappa shape index (κ2) is 14.8. The number of likely N-dealkylation sites (tertiary alicyclic amines) is 1. The highest BCUT2D eigenvalue weighted by atomic mass is 16.5. The molecule has 2 heterocycles. The second-order valence-electron chi connectivity index (χ2n) is 15.3. The Morgan fingerprint density at radius 2 is 1.82 bits per heavy atom. The summed E-state index contributed by atoms with van der Waals surface area (Å²) in [4.78, 5) is 61.1. The first-order valence-corrected chi connectivity index (χ1v) is 18.7. The Hall–Kier alpha value is -6.13. The number of aromatic nitrogens is 1. The molecule has 3 aliphatic rings. The number of aliphatic hydroxyl groups is 1. The van der Waals surface area contributed by atoms with Crippen molar-refractivity contribution in [1.82, 2.24) is 25.8 Å². The molecule has 13 nitrogen and oxygen atoms in total. The number of hydrogen-bond donors (Lipinski definition) is 5. The third-order valence-electron chi connectivity index (χ3n) is 11.5. The average molecular weight is 760 g/mol. The highest BCUT2D eigenvalue weighted by molar-refractivity contribution is 5.96. The van der Waals surface area contributed by atoms with E-state index in [-0.39, 0.29) is 19.4 Å². The first-order chi connectivity index (χ1) is 26.8. The number of amides is 4. The summed E-state index contributed by atoms with van der Waals surface area (Å²) in [6.07, 6.45) is 0.450. The van der Waals surface area contributed by atoms with Gasteiger partial charge in [-0.2, -0.15) is 0 Å². The van der Waals surface area contributed by atoms with Gasteiger partial charge in [0.15, 0.2) is 5.75 Å². The summed E-state index contributed by atoms with van der Waals surface area (Å²) in [7, 11) is 1.52. The third-order valence-corrected chi connectivity index (χ3v) is 11.5. The normalized spacial score (nSPS) is 24.7. The molecule has 7 atom stereocenters. The predicted octanol–water partition coefficient (Wildman–Crippen LogP) is 4.38. The van der Waals surface area contributed by atoms with E-state index in [9.17, 15) is 29.4 Å². The molecule has 4 amide bonds. The van der Waals surface area contributed by atoms with E-state index in [1.807, 2.05) is 54.6 Å². The van der Waals surface area contributed by atoms with Crippen LogP contribution in [0.25, 0.3) is 22.2 Å². The van der Waals surface area contributed by atoms with Gasteiger partial charge in [0.1, 0.15) is 29.0 Å². The summed E-state index contributed by atoms with van der Waals surface area (Å²) in [6, 6.07) is 23.9. The molecule has 1 saturated heterocycles. The number of nitrogens with one attached hydrogen (secondary N) is 3. The highest BCUT2D eigenvalue weighted by Crippen LogP contribution is 2.45. The molecule has 0 bridgehead atoms. The number of nitrogens with zero attached hydrogens (tertiary/aromatic N) is 2. The van der Waals surface area contributed by atoms with Crippen molar-refractivity contribution in [3.05, 3.63) is 103 Å². The van der Waals surface area contributed by atoms with Gasteiger partial charge >= 0.3 is 12.0 Å². The van der Waals surface area contributed by atoms with Crippen LogP contribution in [-0.2, 0) is 20.8 Å². The summed E-state index contributed by atoms with van der Waals surface area (Å²) < 4.78 is 12.0. The number of ether oxygens (including phenoxy) is 2. The number of carboxylic acid groups (broad SMARTS) is 1. The average Bonchev–Trinajstić information content (AvgIpc) is 3.60. The van der Waals surface area contributed by atoms with Crippen LogP contribution in [0.1, 0.15) is 50.8 Å². The van der Waals surface area contributed by atoms with Crippen LogP contribution in [0.15, 0.2) is 79.4 Å². The van der Waals surface area contributed by atoms with Crippen LogP contribution < -0.4 is 25.4 Å². The minimum Gasteiger partial charge on any atom is -0.489 e. The van der Waals surface area contributed by atoms with E-state index in [4.69, 9.17) is 14.5 Å². The number of hydrogen-bond acceptors (Lipinski definition) is 8. The number of carbonyl (C=O) groups excluding carboxylic acids is 3. The lowest BCUT2D eigenvalue weighted by Crippen LogP contribution is -2.64. The summed E-state index contributed by atoms with van der Waals surface area (Å²) in [5.74, 6) is -2.48. The van der Waals surface area contributed by atoms with Crippen molar-refractivity contribution < 1.29 is 38.9 Å². The predicted molar refractivity (Wildman–Crippen MR) is 207 cm³/mol. The van der Waals surface area contributed by atoms with Crippen molar-refractivity contribution in [2.75, 3.05) is 13.7 Å². The Morgan fingerprint density at radius 1 is 1.09 bits per heavy atom. The lowest BCUT2D eigenvalue weighted by molar-refractivity contribution is -0.144. The van der Waals surface area contributed by atoms with E-state index >= 15 is 0 Å². The highest BCUT2D eigenvalue weighted by Gasteiger charge is 2.61. The number of rotatable bonds is 12. The van der Waals surface area contributed by atoms with Gasteiger partial charge in [0, 0.05) is 36.5 Å². The van der Waals surface area contributed by atoms with Gasteiger partial charge in [-0.25, -0.2) is 14.6 Å². The summed E-state index contributed by atoms with van der Waals surface area (Å²) in [5.41, 5.74) is 0.670. The van der Waals surface area contributed by atoms with Gasteiger partial charge in [0.05, 0.1) is 42.4 Å². The second-order valence-corrected chi connectivity index (χ2v) is 15.3. The fraction of sp³-hybridized carbons (Fsp3) is 0.372. The minimum atomic E-state index is -1.54. The number of aliphatic carboxylic acids is 1. The monoisotopic (exact) mass is 759 g/mol. The van der Waals surface area contributed by atoms with Gasteiger partial charge in [0.2, 0.25) is 11.8 Å². The van der Waals surface area contributed by atoms with Gasteiger partial charge < -0.3 is 40.5 Å². The number of methoxy groups -OCH3 is 1. The van der Waals surface area contributed by atoms with Crippen molar-refractivity contribution in [2.45, 2.75) is 75.4 Å². The summed E-state index contributed by atoms with van der Waals surface area (Å²) in [6.45, 7) is 8.82. The first kappa shape index (κ1) is 38.2. The van der Waals surface area contributed by atoms with E-state index in [1.54, 1.807) is 32.9 Å². The molecule has 0 radical (unpaired) electrons. The molecule has 1 unspecified atom stereocenters. The van der Waals surface area contributed by atoms with Crippen LogP contribution >= 0.6 is 0 Å². The van der Waals surface area contributed by atoms with E-state index in [1.165, 1.54) is 18.1 Å². The molecule has 1 saturated carbocycles. The molecule has 56 heavy (non-hydrogen) atoms. The number of fused-ring (bicyclic) bond motifs is 2. The maximum Gasteiger partial charge on any atom is 0.330 e. The number of carbonyl (C=O) groups is 4. The van der Waals surface area contributed by atoms with Gasteiger partial charge in [-0.15, -0.1) is 6.58 Å². The smallest absolute Gasteiger partial charge is 0.330 e. The Balaban J connectivity index is 1.19. The van der Waals surface area contributed by atoms with Crippen molar-refractivity contribution >= 4 is 34.7 Å². The number of benzene rings is 2. The summed E-state index contributed by atoms with van der Waals surface area (Å²) >= 11 is 0. The number of urea groups is 1. The molecule has 4 aromatic rings. The first-order valence-electron chi connectivity index (χ1n) is 18.7. The zero-order chi connectivity index (χ0) is 39.9. The van der Waals surface area contributed by atoms with Crippen LogP contribution in [-0.4, -0.2) is 86.9 Å². The van der Waals surface area contributed by atoms with Crippen LogP contribution in [0.2, 0.25) is 0 Å². The van der Waals surface area contributed by atoms with Crippen LogP contribution in [0.5, 0.6) is 11.5 Å². The number of pyridine rings is 1. The molecule has 290 valence electrons. The zero-order valence-electron chi connectivity index (χ0n) is 31.7. The van der Waals surface area contributed by atoms with Gasteiger partial charge in [-0.05, 0) is 36.5 Å². The number of aliphatic hydroxyl groups excluding tert-OH is 1. The maximum absolute atomic E-state index is 14.4. The third kappa shape index (κ3) is 6.97. The van der Waals surface area contributed by atoms with E-state index < -0.39 is 71.0 Å². The lowest BCUT2D eigenvalue weighted by Gasteiger charge is -2.37. The minimum absolute atomic E-state index is 0.00764. The van der Waals surface area contributed by atoms with Gasteiger partial charge in [-0.1, -0.05) is 80.6 Å². The Bertz CT molecular complexity index is 2200. The molecule has 0 spiro atoms. The summed E-state index contributed by atoms with van der Waals surface area (Å²) in [5, 5.41) is 30.0. The molecular weight excluding hydrogens is 714 g/mol. The van der Waals surface area contributed by atoms with E-state index in [2.05, 4.69) is 34.7 Å². The van der Waals surface area contributed by atoms with Crippen molar-refractivity contribution in [1.29, 1.82) is 0 Å². The molecule has 7 rings (SSSR count). The Morgan fingerprint density at radius 3 is 2.50 bits per heavy atom. The fourth-order valence-corrected chi connectivity index (χ4v) is 7.67. The lowest BCUT2D eigenvalue weighted by atomic mass is 9.87. The zero-order valence-corrected chi connectivity index (χ0v) is 31.7. The topological polar surface area (TPSA) is 179 Å². The standard InChI is InChI=1S/C43H45N5O8/c1-6-27-22-43(27,40(52)53)46-38(50)34-20-29(56-36-21-32(25-12-8-7-9-13-25)44-33-19-28(55-5)16-17-31(33)36)23-48(34)41(54)47-42(4,24(2)3)39(51)45-37-30-15-11-10-14-26(30)18-35(37)49/h6-15,19,21,24,27,29,34-35,37,49H,1,18,20,22-23H2,2-5H3,(H,45,51)(H,46,50)(H,47,54)(H,52,53)/t27-,29-,34+,35-,37+,42?,43-/m1/s1. The molecule has 1 aliphatic heterocycles. The Labute approximate surface area is 325 Å². The molecule has 3 aromatic carbocycles. The van der Waals surface area contributed by atoms with Crippen LogP contribution in [0.4, 0.5) is 4.79 Å². The van der Waals surface area contributed by atoms with Crippen LogP contribution in [0, 0.1) is 24.0 Å². The van der Waals surface area contributed by atoms with E-state index in [0.717, 1.165) is 16.7 Å². The van der Waals surface area contributed by atoms with Crippen LogP contribution in [0.3, 0.4) is 0 Å². The molecule has 2 aliphatic carbocycles. The maximum atomic E-state index is 14.4. The van der Waals surface area contributed by atoms with Crippen molar-refractivity contribution in [3.63, 3.8) is 0 Å². The fourth-order valence-electron chi connectivity index (χ4n) is 7.67. The van der Waals surface area contributed by atoms with E-state index in [0.29, 0.717) is 34.5 Å². The quantitative estimate of drug-likeness (QED) is 0.131. The van der Waals surface area contributed by atoms with Crippen molar-refractivity contribution in [3.8, 4) is 22.8 Å². The molecule has 1 aromatic heterocycles. The SMILES string of the molecule is C=C[C@@H]1C[C@]1(NC(=O)[C@@H]1C[C@@H](Oc2cc(-c3ccccc3)nc3cc(OC)c#cc23)CN1C(=O)NC(C)(C(=O)N[C@H]1c2ccccc2C[C@H]1O)C(C)C)C(=O)O. The molecular formula is C43H45N5O8. The number of carboxylic acids is 1. The largest absolute Gasteiger partial charge is 0.489 e.